The number of rotatable bonds is 4. The van der Waals surface area contributed by atoms with Gasteiger partial charge in [-0.25, -0.2) is 0 Å². The van der Waals surface area contributed by atoms with Crippen molar-refractivity contribution in [2.24, 2.45) is 0 Å². The zero-order chi connectivity index (χ0) is 18.2. The number of anilines is 1. The van der Waals surface area contributed by atoms with E-state index in [1.807, 2.05) is 25.3 Å². The van der Waals surface area contributed by atoms with E-state index in [9.17, 15) is 15.2 Å². The number of nitro groups is 1. The fourth-order valence-electron chi connectivity index (χ4n) is 3.63. The third kappa shape index (κ3) is 3.09. The number of allylic oxidation sites excluding steroid dienone is 1. The maximum absolute atomic E-state index is 11.2. The van der Waals surface area contributed by atoms with Gasteiger partial charge in [0.25, 0.3) is 0 Å². The molecule has 2 aromatic rings. The van der Waals surface area contributed by atoms with Gasteiger partial charge in [0, 0.05) is 28.8 Å². The Labute approximate surface area is 147 Å². The van der Waals surface area contributed by atoms with Crippen molar-refractivity contribution in [2.45, 2.75) is 25.2 Å². The zero-order valence-electron chi connectivity index (χ0n) is 14.6. The van der Waals surface area contributed by atoms with Crippen LogP contribution < -0.4 is 4.90 Å². The van der Waals surface area contributed by atoms with Crippen molar-refractivity contribution < 1.29 is 10.0 Å². The summed E-state index contributed by atoms with van der Waals surface area (Å²) in [4.78, 5) is 13.0. The van der Waals surface area contributed by atoms with Crippen molar-refractivity contribution >= 4 is 5.69 Å². The maximum Gasteiger partial charge on any atom is 0.214 e. The molecule has 1 unspecified atom stereocenters. The van der Waals surface area contributed by atoms with E-state index in [2.05, 4.69) is 30.9 Å². The Hall–Kier alpha value is -2.82. The highest BCUT2D eigenvalue weighted by molar-refractivity contribution is 5.69. The van der Waals surface area contributed by atoms with E-state index in [1.165, 1.54) is 5.56 Å². The summed E-state index contributed by atoms with van der Waals surface area (Å²) >= 11 is 0. The number of aromatic hydroxyl groups is 1. The van der Waals surface area contributed by atoms with E-state index >= 15 is 0 Å². The standard InChI is InChI=1S/C20H22N2O3/c1-20(2)17-6-4-5-7-18(17)21(3)19(20)12-15(13-22(24)25)14-8-10-16(23)11-9-14/h4-12,15,23H,13H2,1-3H3/b19-12-. The molecule has 0 spiro atoms. The number of benzene rings is 2. The fraction of sp³-hybridized carbons (Fsp3) is 0.300. The molecule has 5 nitrogen and oxygen atoms in total. The molecule has 0 fully saturated rings. The smallest absolute Gasteiger partial charge is 0.214 e. The lowest BCUT2D eigenvalue weighted by atomic mass is 9.82. The summed E-state index contributed by atoms with van der Waals surface area (Å²) in [6, 6.07) is 14.8. The third-order valence-electron chi connectivity index (χ3n) is 4.97. The number of phenolic OH excluding ortho intramolecular Hbond substituents is 1. The minimum atomic E-state index is -0.360. The molecule has 0 saturated heterocycles. The summed E-state index contributed by atoms with van der Waals surface area (Å²) in [5.41, 5.74) is 3.99. The van der Waals surface area contributed by atoms with Crippen molar-refractivity contribution in [3.05, 3.63) is 81.5 Å². The largest absolute Gasteiger partial charge is 0.508 e. The van der Waals surface area contributed by atoms with Crippen LogP contribution in [0.1, 0.15) is 30.9 Å². The quantitative estimate of drug-likeness (QED) is 0.674. The molecule has 1 N–H and O–H groups in total. The number of fused-ring (bicyclic) bond motifs is 1. The lowest BCUT2D eigenvalue weighted by Crippen LogP contribution is -2.24. The second-order valence-electron chi connectivity index (χ2n) is 6.97. The second-order valence-corrected chi connectivity index (χ2v) is 6.97. The molecule has 0 bridgehead atoms. The van der Waals surface area contributed by atoms with Crippen molar-refractivity contribution in [1.29, 1.82) is 0 Å². The minimum absolute atomic E-state index is 0.155. The third-order valence-corrected chi connectivity index (χ3v) is 4.97. The Kier molecular flexibility index (Phi) is 4.25. The number of para-hydroxylation sites is 1. The van der Waals surface area contributed by atoms with E-state index in [0.29, 0.717) is 0 Å². The highest BCUT2D eigenvalue weighted by Crippen LogP contribution is 2.47. The van der Waals surface area contributed by atoms with Crippen LogP contribution in [-0.2, 0) is 5.41 Å². The van der Waals surface area contributed by atoms with Crippen LogP contribution in [0.4, 0.5) is 5.69 Å². The molecule has 0 aliphatic carbocycles. The van der Waals surface area contributed by atoms with Gasteiger partial charge in [0.05, 0.1) is 5.92 Å². The first-order valence-corrected chi connectivity index (χ1v) is 8.27. The van der Waals surface area contributed by atoms with Crippen LogP contribution in [0.2, 0.25) is 0 Å². The van der Waals surface area contributed by atoms with E-state index in [0.717, 1.165) is 16.9 Å². The summed E-state index contributed by atoms with van der Waals surface area (Å²) in [6.45, 7) is 4.09. The molecule has 0 saturated carbocycles. The number of phenols is 1. The van der Waals surface area contributed by atoms with Gasteiger partial charge in [-0.15, -0.1) is 0 Å². The first kappa shape index (κ1) is 17.0. The van der Waals surface area contributed by atoms with Gasteiger partial charge in [-0.2, -0.15) is 0 Å². The Morgan fingerprint density at radius 3 is 2.44 bits per heavy atom. The van der Waals surface area contributed by atoms with Gasteiger partial charge in [-0.1, -0.05) is 50.3 Å². The van der Waals surface area contributed by atoms with Gasteiger partial charge in [0.1, 0.15) is 5.75 Å². The van der Waals surface area contributed by atoms with Gasteiger partial charge < -0.3 is 10.0 Å². The summed E-state index contributed by atoms with van der Waals surface area (Å²) in [5, 5.41) is 20.7. The van der Waals surface area contributed by atoms with Crippen LogP contribution in [0, 0.1) is 10.1 Å². The average molecular weight is 338 g/mol. The Balaban J connectivity index is 2.06. The van der Waals surface area contributed by atoms with E-state index in [1.54, 1.807) is 24.3 Å². The average Bonchev–Trinajstić information content (AvgIpc) is 2.76. The van der Waals surface area contributed by atoms with E-state index in [4.69, 9.17) is 0 Å². The molecule has 1 aliphatic rings. The molecule has 1 atom stereocenters. The number of nitrogens with zero attached hydrogens (tertiary/aromatic N) is 2. The summed E-state index contributed by atoms with van der Waals surface area (Å²) in [5.74, 6) is -0.205. The van der Waals surface area contributed by atoms with Gasteiger partial charge >= 0.3 is 0 Å². The van der Waals surface area contributed by atoms with Gasteiger partial charge in [0.15, 0.2) is 0 Å². The molecule has 0 radical (unpaired) electrons. The Morgan fingerprint density at radius 2 is 1.84 bits per heavy atom. The van der Waals surface area contributed by atoms with Crippen LogP contribution in [0.15, 0.2) is 60.3 Å². The topological polar surface area (TPSA) is 66.6 Å². The predicted octanol–water partition coefficient (Wildman–Crippen LogP) is 4.06. The van der Waals surface area contributed by atoms with Gasteiger partial charge in [-0.05, 0) is 29.3 Å². The van der Waals surface area contributed by atoms with Crippen molar-refractivity contribution in [3.8, 4) is 5.75 Å². The maximum atomic E-state index is 11.2. The van der Waals surface area contributed by atoms with E-state index in [-0.39, 0.29) is 28.6 Å². The predicted molar refractivity (Wildman–Crippen MR) is 98.7 cm³/mol. The highest BCUT2D eigenvalue weighted by atomic mass is 16.6. The van der Waals surface area contributed by atoms with Crippen LogP contribution in [0.3, 0.4) is 0 Å². The monoisotopic (exact) mass is 338 g/mol. The molecule has 0 amide bonds. The number of hydrogen-bond donors (Lipinski definition) is 1. The normalized spacial score (nSPS) is 18.2. The SMILES string of the molecule is CN1/C(=C\C(C[N+](=O)[O-])c2ccc(O)cc2)C(C)(C)c2ccccc21. The molecule has 0 aromatic heterocycles. The van der Waals surface area contributed by atoms with Gasteiger partial charge in [0.2, 0.25) is 6.54 Å². The zero-order valence-corrected chi connectivity index (χ0v) is 14.6. The molecule has 5 heteroatoms. The molecule has 130 valence electrons. The molecule has 25 heavy (non-hydrogen) atoms. The second kappa shape index (κ2) is 6.24. The van der Waals surface area contributed by atoms with Crippen molar-refractivity contribution in [1.82, 2.24) is 0 Å². The Morgan fingerprint density at radius 1 is 1.20 bits per heavy atom. The van der Waals surface area contributed by atoms with Crippen LogP contribution in [-0.4, -0.2) is 23.6 Å². The van der Waals surface area contributed by atoms with Crippen LogP contribution in [0.5, 0.6) is 5.75 Å². The summed E-state index contributed by atoms with van der Waals surface area (Å²) in [7, 11) is 2.00. The molecule has 1 aliphatic heterocycles. The Bertz CT molecular complexity index is 825. The summed E-state index contributed by atoms with van der Waals surface area (Å²) < 4.78 is 0. The first-order valence-electron chi connectivity index (χ1n) is 8.27. The van der Waals surface area contributed by atoms with Crippen LogP contribution in [0.25, 0.3) is 0 Å². The van der Waals surface area contributed by atoms with E-state index < -0.39 is 0 Å². The number of hydrogen-bond acceptors (Lipinski definition) is 4. The van der Waals surface area contributed by atoms with Crippen molar-refractivity contribution in [2.75, 3.05) is 18.5 Å². The fourth-order valence-corrected chi connectivity index (χ4v) is 3.63. The molecule has 2 aromatic carbocycles. The molecule has 3 rings (SSSR count). The lowest BCUT2D eigenvalue weighted by Gasteiger charge is -2.26. The molecular formula is C20H22N2O3. The van der Waals surface area contributed by atoms with Gasteiger partial charge in [-0.3, -0.25) is 10.1 Å². The molecule has 1 heterocycles. The lowest BCUT2D eigenvalue weighted by molar-refractivity contribution is -0.481. The molecular weight excluding hydrogens is 316 g/mol. The highest BCUT2D eigenvalue weighted by Gasteiger charge is 2.38. The van der Waals surface area contributed by atoms with Crippen molar-refractivity contribution in [3.63, 3.8) is 0 Å². The number of likely N-dealkylation sites (N-methyl/N-ethyl adjacent to an activating group) is 1. The summed E-state index contributed by atoms with van der Waals surface area (Å²) in [6.07, 6.45) is 2.00. The van der Waals surface area contributed by atoms with Crippen LogP contribution >= 0.6 is 0 Å². The first-order chi connectivity index (χ1) is 11.8. The minimum Gasteiger partial charge on any atom is -0.508 e.